The minimum Gasteiger partial charge on any atom is -0.301 e. The molecule has 2 heterocycles. The van der Waals surface area contributed by atoms with E-state index in [2.05, 4.69) is 25.8 Å². The monoisotopic (exact) mass is 364 g/mol. The molecule has 0 aliphatic rings. The quantitative estimate of drug-likeness (QED) is 0.701. The van der Waals surface area contributed by atoms with Crippen molar-refractivity contribution in [1.82, 2.24) is 25.2 Å². The molecule has 0 spiro atoms. The summed E-state index contributed by atoms with van der Waals surface area (Å²) in [6.07, 6.45) is 0. The van der Waals surface area contributed by atoms with E-state index >= 15 is 0 Å². The third-order valence-corrected chi connectivity index (χ3v) is 5.04. The van der Waals surface area contributed by atoms with E-state index < -0.39 is 5.82 Å². The zero-order valence-electron chi connectivity index (χ0n) is 12.9. The molecule has 0 fully saturated rings. The van der Waals surface area contributed by atoms with Crippen LogP contribution in [0.25, 0.3) is 5.69 Å². The molecule has 2 aromatic heterocycles. The van der Waals surface area contributed by atoms with Crippen molar-refractivity contribution in [2.24, 2.45) is 0 Å². The number of thiazole rings is 1. The van der Waals surface area contributed by atoms with Crippen molar-refractivity contribution in [3.63, 3.8) is 0 Å². The number of nitrogens with one attached hydrogen (secondary N) is 1. The predicted molar refractivity (Wildman–Crippen MR) is 90.1 cm³/mol. The highest BCUT2D eigenvalue weighted by Gasteiger charge is 2.15. The number of nitrogens with zero attached hydrogens (tertiary/aromatic N) is 5. The van der Waals surface area contributed by atoms with Gasteiger partial charge in [0.25, 0.3) is 0 Å². The molecule has 124 valence electrons. The van der Waals surface area contributed by atoms with Gasteiger partial charge in [-0.15, -0.1) is 16.4 Å². The number of halogens is 1. The number of rotatable bonds is 5. The molecule has 0 saturated heterocycles. The largest absolute Gasteiger partial charge is 0.301 e. The molecular formula is C14H13FN6OS2. The summed E-state index contributed by atoms with van der Waals surface area (Å²) in [5.41, 5.74) is 1.13. The Balaban J connectivity index is 1.66. The minimum absolute atomic E-state index is 0.0898. The third kappa shape index (κ3) is 3.60. The molecule has 0 unspecified atom stereocenters. The number of hydrogen-bond donors (Lipinski definition) is 1. The van der Waals surface area contributed by atoms with E-state index in [0.717, 1.165) is 22.3 Å². The van der Waals surface area contributed by atoms with Crippen molar-refractivity contribution in [2.45, 2.75) is 19.0 Å². The lowest BCUT2D eigenvalue weighted by Gasteiger charge is -2.05. The lowest BCUT2D eigenvalue weighted by Crippen LogP contribution is -2.14. The highest BCUT2D eigenvalue weighted by molar-refractivity contribution is 7.99. The van der Waals surface area contributed by atoms with Gasteiger partial charge in [0.05, 0.1) is 11.4 Å². The van der Waals surface area contributed by atoms with Crippen molar-refractivity contribution in [2.75, 3.05) is 11.1 Å². The molecule has 0 atom stereocenters. The van der Waals surface area contributed by atoms with E-state index in [1.54, 1.807) is 18.2 Å². The highest BCUT2D eigenvalue weighted by Crippen LogP contribution is 2.23. The summed E-state index contributed by atoms with van der Waals surface area (Å²) >= 11 is 2.54. The van der Waals surface area contributed by atoms with Crippen LogP contribution in [0.2, 0.25) is 0 Å². The maximum atomic E-state index is 13.8. The van der Waals surface area contributed by atoms with Gasteiger partial charge in [-0.2, -0.15) is 4.68 Å². The number of tetrazole rings is 1. The molecule has 0 aliphatic carbocycles. The summed E-state index contributed by atoms with van der Waals surface area (Å²) < 4.78 is 15.1. The average molecular weight is 364 g/mol. The second-order valence-corrected chi connectivity index (χ2v) is 6.97. The Morgan fingerprint density at radius 3 is 2.88 bits per heavy atom. The third-order valence-electron chi connectivity index (χ3n) is 3.13. The zero-order chi connectivity index (χ0) is 17.1. The van der Waals surface area contributed by atoms with Gasteiger partial charge in [-0.05, 0) is 36.4 Å². The molecule has 10 heteroatoms. The van der Waals surface area contributed by atoms with Gasteiger partial charge in [-0.25, -0.2) is 9.37 Å². The van der Waals surface area contributed by atoms with E-state index in [1.807, 2.05) is 13.8 Å². The molecule has 3 rings (SSSR count). The number of para-hydroxylation sites is 1. The molecule has 0 saturated carbocycles. The number of thioether (sulfide) groups is 1. The summed E-state index contributed by atoms with van der Waals surface area (Å²) in [5, 5.41) is 14.8. The van der Waals surface area contributed by atoms with Crippen molar-refractivity contribution >= 4 is 34.1 Å². The smallest absolute Gasteiger partial charge is 0.236 e. The summed E-state index contributed by atoms with van der Waals surface area (Å²) in [7, 11) is 0. The summed E-state index contributed by atoms with van der Waals surface area (Å²) in [6.45, 7) is 3.83. The number of benzene rings is 1. The number of hydrogen-bond acceptors (Lipinski definition) is 7. The molecule has 0 radical (unpaired) electrons. The summed E-state index contributed by atoms with van der Waals surface area (Å²) in [5.74, 6) is -0.575. The maximum Gasteiger partial charge on any atom is 0.236 e. The number of aryl methyl sites for hydroxylation is 2. The minimum atomic E-state index is -0.440. The Hall–Kier alpha value is -2.33. The van der Waals surface area contributed by atoms with Gasteiger partial charge < -0.3 is 5.32 Å². The maximum absolute atomic E-state index is 13.8. The average Bonchev–Trinajstić information content (AvgIpc) is 3.13. The van der Waals surface area contributed by atoms with Crippen molar-refractivity contribution in [3.8, 4) is 5.69 Å². The van der Waals surface area contributed by atoms with Gasteiger partial charge in [-0.1, -0.05) is 23.9 Å². The Bertz CT molecular complexity index is 858. The van der Waals surface area contributed by atoms with Crippen LogP contribution in [0, 0.1) is 19.7 Å². The lowest BCUT2D eigenvalue weighted by atomic mass is 10.3. The van der Waals surface area contributed by atoms with Gasteiger partial charge in [0.1, 0.15) is 11.5 Å². The first-order chi connectivity index (χ1) is 11.5. The van der Waals surface area contributed by atoms with Crippen molar-refractivity contribution in [1.29, 1.82) is 0 Å². The summed E-state index contributed by atoms with van der Waals surface area (Å²) in [6, 6.07) is 6.16. The van der Waals surface area contributed by atoms with Crippen LogP contribution in [0.4, 0.5) is 9.52 Å². The molecule has 24 heavy (non-hydrogen) atoms. The van der Waals surface area contributed by atoms with Gasteiger partial charge in [-0.3, -0.25) is 4.79 Å². The van der Waals surface area contributed by atoms with Crippen LogP contribution >= 0.6 is 23.1 Å². The first kappa shape index (κ1) is 16.5. The molecule has 0 aliphatic heterocycles. The first-order valence-electron chi connectivity index (χ1n) is 6.94. The molecule has 3 aromatic rings. The van der Waals surface area contributed by atoms with E-state index in [0.29, 0.717) is 10.3 Å². The van der Waals surface area contributed by atoms with E-state index in [9.17, 15) is 9.18 Å². The number of carbonyl (C=O) groups excluding carboxylic acids is 1. The molecule has 1 aromatic carbocycles. The van der Waals surface area contributed by atoms with Crippen molar-refractivity contribution in [3.05, 3.63) is 40.7 Å². The Morgan fingerprint density at radius 2 is 2.17 bits per heavy atom. The molecular weight excluding hydrogens is 351 g/mol. The van der Waals surface area contributed by atoms with Crippen LogP contribution in [0.15, 0.2) is 29.4 Å². The number of anilines is 1. The number of carbonyl (C=O) groups is 1. The molecule has 0 bridgehead atoms. The van der Waals surface area contributed by atoms with Gasteiger partial charge in [0, 0.05) is 4.88 Å². The fraction of sp³-hybridized carbons (Fsp3) is 0.214. The van der Waals surface area contributed by atoms with Crippen LogP contribution in [0.3, 0.4) is 0 Å². The SMILES string of the molecule is Cc1nc(NC(=O)CSc2nnnn2-c2ccccc2F)sc1C. The van der Waals surface area contributed by atoms with Gasteiger partial charge >= 0.3 is 0 Å². The van der Waals surface area contributed by atoms with Crippen LogP contribution in [-0.2, 0) is 4.79 Å². The van der Waals surface area contributed by atoms with Crippen LogP contribution in [-0.4, -0.2) is 36.9 Å². The number of aromatic nitrogens is 5. The van der Waals surface area contributed by atoms with E-state index in [-0.39, 0.29) is 17.3 Å². The van der Waals surface area contributed by atoms with E-state index in [4.69, 9.17) is 0 Å². The molecule has 1 N–H and O–H groups in total. The highest BCUT2D eigenvalue weighted by atomic mass is 32.2. The normalized spacial score (nSPS) is 10.8. The Kier molecular flexibility index (Phi) is 4.86. The first-order valence-corrected chi connectivity index (χ1v) is 8.75. The topological polar surface area (TPSA) is 85.6 Å². The second-order valence-electron chi connectivity index (χ2n) is 4.82. The summed E-state index contributed by atoms with van der Waals surface area (Å²) in [4.78, 5) is 17.3. The molecule has 1 amide bonds. The van der Waals surface area contributed by atoms with Crippen LogP contribution < -0.4 is 5.32 Å². The second kappa shape index (κ2) is 7.05. The fourth-order valence-electron chi connectivity index (χ4n) is 1.86. The standard InChI is InChI=1S/C14H13FN6OS2/c1-8-9(2)24-13(16-8)17-12(22)7-23-14-18-19-20-21(14)11-6-4-3-5-10(11)15/h3-6H,7H2,1-2H3,(H,16,17,22). The van der Waals surface area contributed by atoms with Crippen LogP contribution in [0.1, 0.15) is 10.6 Å². The lowest BCUT2D eigenvalue weighted by molar-refractivity contribution is -0.113. The van der Waals surface area contributed by atoms with E-state index in [1.165, 1.54) is 22.1 Å². The molecule has 7 nitrogen and oxygen atoms in total. The number of amides is 1. The van der Waals surface area contributed by atoms with Crippen molar-refractivity contribution < 1.29 is 9.18 Å². The Labute approximate surface area is 145 Å². The predicted octanol–water partition coefficient (Wildman–Crippen LogP) is 2.61. The fourth-order valence-corrected chi connectivity index (χ4v) is 3.37. The van der Waals surface area contributed by atoms with Gasteiger partial charge in [0.15, 0.2) is 5.13 Å². The van der Waals surface area contributed by atoms with Crippen LogP contribution in [0.5, 0.6) is 0 Å². The Morgan fingerprint density at radius 1 is 1.38 bits per heavy atom. The van der Waals surface area contributed by atoms with Gasteiger partial charge in [0.2, 0.25) is 11.1 Å². The zero-order valence-corrected chi connectivity index (χ0v) is 14.5.